The molecule has 0 saturated carbocycles. The summed E-state index contributed by atoms with van der Waals surface area (Å²) in [5.41, 5.74) is 1.52. The molecule has 0 radical (unpaired) electrons. The van der Waals surface area contributed by atoms with E-state index in [1.165, 1.54) is 0 Å². The number of rotatable bonds is 4. The number of hydrogen-bond donors (Lipinski definition) is 1. The van der Waals surface area contributed by atoms with Crippen molar-refractivity contribution in [2.75, 3.05) is 6.54 Å². The van der Waals surface area contributed by atoms with Gasteiger partial charge in [0.1, 0.15) is 0 Å². The molecule has 1 N–H and O–H groups in total. The Hall–Kier alpha value is -1.84. The van der Waals surface area contributed by atoms with Gasteiger partial charge in [0.25, 0.3) is 5.91 Å². The molecule has 0 spiro atoms. The predicted octanol–water partition coefficient (Wildman–Crippen LogP) is 1.68. The van der Waals surface area contributed by atoms with E-state index >= 15 is 0 Å². The maximum Gasteiger partial charge on any atom is 0.338 e. The van der Waals surface area contributed by atoms with Crippen LogP contribution in [0.3, 0.4) is 0 Å². The summed E-state index contributed by atoms with van der Waals surface area (Å²) in [5.74, 6) is -0.767. The van der Waals surface area contributed by atoms with Crippen LogP contribution in [0.1, 0.15) is 29.8 Å². The molecule has 0 aliphatic carbocycles. The summed E-state index contributed by atoms with van der Waals surface area (Å²) in [5, 5.41) is 2.60. The van der Waals surface area contributed by atoms with Crippen molar-refractivity contribution in [3.8, 4) is 0 Å². The lowest BCUT2D eigenvalue weighted by Crippen LogP contribution is -2.35. The molecule has 17 heavy (non-hydrogen) atoms. The summed E-state index contributed by atoms with van der Waals surface area (Å²) in [7, 11) is 0. The van der Waals surface area contributed by atoms with Gasteiger partial charge in [-0.2, -0.15) is 0 Å². The molecule has 1 atom stereocenters. The van der Waals surface area contributed by atoms with Crippen molar-refractivity contribution < 1.29 is 14.3 Å². The van der Waals surface area contributed by atoms with Crippen LogP contribution in [0.5, 0.6) is 0 Å². The van der Waals surface area contributed by atoms with E-state index in [1.54, 1.807) is 19.1 Å². The SMILES string of the molecule is CCNC(=O)[C@H](C)OC(=O)c1ccc(C)cc1. The van der Waals surface area contributed by atoms with Gasteiger partial charge < -0.3 is 10.1 Å². The lowest BCUT2D eigenvalue weighted by atomic mass is 10.1. The fraction of sp³-hybridized carbons (Fsp3) is 0.385. The Labute approximate surface area is 101 Å². The van der Waals surface area contributed by atoms with Crippen molar-refractivity contribution in [2.24, 2.45) is 0 Å². The molecule has 4 nitrogen and oxygen atoms in total. The van der Waals surface area contributed by atoms with E-state index in [9.17, 15) is 9.59 Å². The van der Waals surface area contributed by atoms with Crippen LogP contribution in [0.25, 0.3) is 0 Å². The molecule has 0 fully saturated rings. The van der Waals surface area contributed by atoms with Crippen LogP contribution < -0.4 is 5.32 Å². The first-order valence-electron chi connectivity index (χ1n) is 5.60. The summed E-state index contributed by atoms with van der Waals surface area (Å²) in [6.45, 7) is 5.82. The second-order valence-corrected chi connectivity index (χ2v) is 3.81. The summed E-state index contributed by atoms with van der Waals surface area (Å²) in [4.78, 5) is 23.0. The van der Waals surface area contributed by atoms with Crippen LogP contribution >= 0.6 is 0 Å². The van der Waals surface area contributed by atoms with Crippen LogP contribution in [0.2, 0.25) is 0 Å². The molecule has 0 unspecified atom stereocenters. The molecule has 1 amide bonds. The van der Waals surface area contributed by atoms with Crippen molar-refractivity contribution in [2.45, 2.75) is 26.9 Å². The zero-order valence-corrected chi connectivity index (χ0v) is 10.3. The van der Waals surface area contributed by atoms with E-state index in [4.69, 9.17) is 4.74 Å². The van der Waals surface area contributed by atoms with E-state index in [1.807, 2.05) is 26.0 Å². The van der Waals surface area contributed by atoms with Gasteiger partial charge in [0, 0.05) is 6.54 Å². The van der Waals surface area contributed by atoms with Crippen LogP contribution in [0, 0.1) is 6.92 Å². The maximum atomic E-state index is 11.7. The summed E-state index contributed by atoms with van der Waals surface area (Å²) in [6.07, 6.45) is -0.774. The van der Waals surface area contributed by atoms with Gasteiger partial charge in [-0.15, -0.1) is 0 Å². The Morgan fingerprint density at radius 1 is 1.29 bits per heavy atom. The van der Waals surface area contributed by atoms with Crippen molar-refractivity contribution >= 4 is 11.9 Å². The third-order valence-corrected chi connectivity index (χ3v) is 2.29. The van der Waals surface area contributed by atoms with E-state index in [0.717, 1.165) is 5.56 Å². The molecule has 0 saturated heterocycles. The monoisotopic (exact) mass is 235 g/mol. The third-order valence-electron chi connectivity index (χ3n) is 2.29. The fourth-order valence-electron chi connectivity index (χ4n) is 1.29. The van der Waals surface area contributed by atoms with Gasteiger partial charge >= 0.3 is 5.97 Å². The number of esters is 1. The first-order chi connectivity index (χ1) is 8.04. The smallest absolute Gasteiger partial charge is 0.338 e. The average molecular weight is 235 g/mol. The zero-order chi connectivity index (χ0) is 12.8. The number of amides is 1. The molecule has 1 aromatic carbocycles. The summed E-state index contributed by atoms with van der Waals surface area (Å²) >= 11 is 0. The van der Waals surface area contributed by atoms with Gasteiger partial charge in [0.2, 0.25) is 0 Å². The van der Waals surface area contributed by atoms with E-state index < -0.39 is 12.1 Å². The van der Waals surface area contributed by atoms with Crippen molar-refractivity contribution in [1.29, 1.82) is 0 Å². The van der Waals surface area contributed by atoms with Crippen LogP contribution in [-0.4, -0.2) is 24.5 Å². The van der Waals surface area contributed by atoms with Gasteiger partial charge in [-0.05, 0) is 32.9 Å². The Morgan fingerprint density at radius 2 is 1.88 bits per heavy atom. The number of ether oxygens (including phenoxy) is 1. The van der Waals surface area contributed by atoms with Crippen molar-refractivity contribution in [1.82, 2.24) is 5.32 Å². The number of likely N-dealkylation sites (N-methyl/N-ethyl adjacent to an activating group) is 1. The summed E-state index contributed by atoms with van der Waals surface area (Å²) < 4.78 is 5.04. The first-order valence-corrected chi connectivity index (χ1v) is 5.60. The maximum absolute atomic E-state index is 11.7. The highest BCUT2D eigenvalue weighted by molar-refractivity contribution is 5.92. The molecular weight excluding hydrogens is 218 g/mol. The molecule has 0 aromatic heterocycles. The first kappa shape index (κ1) is 13.2. The van der Waals surface area contributed by atoms with Gasteiger partial charge in [0.05, 0.1) is 5.56 Å². The Kier molecular flexibility index (Phi) is 4.69. The van der Waals surface area contributed by atoms with Crippen LogP contribution in [-0.2, 0) is 9.53 Å². The Morgan fingerprint density at radius 3 is 2.41 bits per heavy atom. The molecule has 0 aliphatic heterocycles. The molecule has 0 heterocycles. The molecule has 4 heteroatoms. The minimum absolute atomic E-state index is 0.284. The third kappa shape index (κ3) is 3.90. The second kappa shape index (κ2) is 6.03. The van der Waals surface area contributed by atoms with Crippen LogP contribution in [0.4, 0.5) is 0 Å². The van der Waals surface area contributed by atoms with Gasteiger partial charge in [-0.3, -0.25) is 4.79 Å². The number of carbonyl (C=O) groups excluding carboxylic acids is 2. The van der Waals surface area contributed by atoms with Gasteiger partial charge in [-0.25, -0.2) is 4.79 Å². The zero-order valence-electron chi connectivity index (χ0n) is 10.3. The highest BCUT2D eigenvalue weighted by Crippen LogP contribution is 2.06. The van der Waals surface area contributed by atoms with Crippen molar-refractivity contribution in [3.05, 3.63) is 35.4 Å². The highest BCUT2D eigenvalue weighted by Gasteiger charge is 2.17. The molecule has 1 rings (SSSR count). The van der Waals surface area contributed by atoms with Crippen molar-refractivity contribution in [3.63, 3.8) is 0 Å². The Bertz CT molecular complexity index is 398. The standard InChI is InChI=1S/C13H17NO3/c1-4-14-12(15)10(3)17-13(16)11-7-5-9(2)6-8-11/h5-8,10H,4H2,1-3H3,(H,14,15)/t10-/m0/s1. The molecular formula is C13H17NO3. The highest BCUT2D eigenvalue weighted by atomic mass is 16.5. The van der Waals surface area contributed by atoms with E-state index in [-0.39, 0.29) is 5.91 Å². The minimum Gasteiger partial charge on any atom is -0.449 e. The number of aryl methyl sites for hydroxylation is 1. The van der Waals surface area contributed by atoms with E-state index in [0.29, 0.717) is 12.1 Å². The quantitative estimate of drug-likeness (QED) is 0.808. The number of carbonyl (C=O) groups is 2. The number of benzene rings is 1. The van der Waals surface area contributed by atoms with Gasteiger partial charge in [0.15, 0.2) is 6.10 Å². The number of hydrogen-bond acceptors (Lipinski definition) is 3. The minimum atomic E-state index is -0.774. The van der Waals surface area contributed by atoms with Gasteiger partial charge in [-0.1, -0.05) is 17.7 Å². The lowest BCUT2D eigenvalue weighted by molar-refractivity contribution is -0.128. The molecule has 92 valence electrons. The topological polar surface area (TPSA) is 55.4 Å². The average Bonchev–Trinajstić information content (AvgIpc) is 2.30. The fourth-order valence-corrected chi connectivity index (χ4v) is 1.29. The Balaban J connectivity index is 2.60. The predicted molar refractivity (Wildman–Crippen MR) is 64.7 cm³/mol. The largest absolute Gasteiger partial charge is 0.449 e. The summed E-state index contributed by atoms with van der Waals surface area (Å²) in [6, 6.07) is 7.02. The number of nitrogens with one attached hydrogen (secondary N) is 1. The molecule has 0 bridgehead atoms. The second-order valence-electron chi connectivity index (χ2n) is 3.81. The van der Waals surface area contributed by atoms with E-state index in [2.05, 4.69) is 5.32 Å². The normalized spacial score (nSPS) is 11.7. The molecule has 1 aromatic rings. The van der Waals surface area contributed by atoms with Crippen LogP contribution in [0.15, 0.2) is 24.3 Å². The molecule has 0 aliphatic rings. The lowest BCUT2D eigenvalue weighted by Gasteiger charge is -2.12.